The molecule has 0 spiro atoms. The van der Waals surface area contributed by atoms with E-state index >= 15 is 0 Å². The Kier molecular flexibility index (Phi) is 2.73. The standard InChI is InChI=1S/C14H11N7O2/c1-6-2-3-8-7(4-6)18-14(23-8)19-13(22)10-9-11(15)16-5-17-12(9)21-20-10/h2-5H,1H3,(H,18,19,22)(H3,15,16,17,20,21). The third-order valence-electron chi connectivity index (χ3n) is 3.37. The Morgan fingerprint density at radius 1 is 1.35 bits per heavy atom. The number of aromatic amines is 1. The number of nitrogens with one attached hydrogen (secondary N) is 2. The fourth-order valence-electron chi connectivity index (χ4n) is 2.29. The summed E-state index contributed by atoms with van der Waals surface area (Å²) in [6, 6.07) is 5.66. The zero-order valence-electron chi connectivity index (χ0n) is 12.0. The van der Waals surface area contributed by atoms with Crippen LogP contribution in [0.1, 0.15) is 16.1 Å². The lowest BCUT2D eigenvalue weighted by Crippen LogP contribution is -2.13. The van der Waals surface area contributed by atoms with Gasteiger partial charge >= 0.3 is 6.01 Å². The van der Waals surface area contributed by atoms with Gasteiger partial charge in [0.15, 0.2) is 11.2 Å². The molecule has 0 aliphatic rings. The molecule has 1 aromatic carbocycles. The fraction of sp³-hybridized carbons (Fsp3) is 0.0714. The number of oxazole rings is 1. The van der Waals surface area contributed by atoms with Gasteiger partial charge in [-0.3, -0.25) is 15.2 Å². The van der Waals surface area contributed by atoms with Crippen LogP contribution in [0.15, 0.2) is 28.9 Å². The summed E-state index contributed by atoms with van der Waals surface area (Å²) in [7, 11) is 0. The van der Waals surface area contributed by atoms with Crippen LogP contribution in [0.5, 0.6) is 0 Å². The normalized spacial score (nSPS) is 11.2. The van der Waals surface area contributed by atoms with Crippen LogP contribution >= 0.6 is 0 Å². The number of rotatable bonds is 2. The molecule has 4 aromatic rings. The average molecular weight is 309 g/mol. The number of aryl methyl sites for hydroxylation is 1. The maximum atomic E-state index is 12.4. The van der Waals surface area contributed by atoms with Gasteiger partial charge in [-0.15, -0.1) is 0 Å². The lowest BCUT2D eigenvalue weighted by molar-refractivity contribution is 0.102. The van der Waals surface area contributed by atoms with Crippen molar-refractivity contribution in [3.8, 4) is 0 Å². The number of anilines is 2. The number of amides is 1. The first kappa shape index (κ1) is 13.2. The highest BCUT2D eigenvalue weighted by atomic mass is 16.4. The van der Waals surface area contributed by atoms with Gasteiger partial charge in [0.05, 0.1) is 5.39 Å². The van der Waals surface area contributed by atoms with Crippen LogP contribution in [0.3, 0.4) is 0 Å². The highest BCUT2D eigenvalue weighted by Crippen LogP contribution is 2.22. The predicted octanol–water partition coefficient (Wildman–Crippen LogP) is 1.64. The molecule has 0 bridgehead atoms. The highest BCUT2D eigenvalue weighted by molar-refractivity contribution is 6.12. The molecule has 114 valence electrons. The second-order valence-electron chi connectivity index (χ2n) is 5.00. The number of carbonyl (C=O) groups excluding carboxylic acids is 1. The van der Waals surface area contributed by atoms with Crippen LogP contribution in [-0.2, 0) is 0 Å². The molecule has 23 heavy (non-hydrogen) atoms. The van der Waals surface area contributed by atoms with Crippen LogP contribution in [0.4, 0.5) is 11.8 Å². The second kappa shape index (κ2) is 4.77. The Balaban J connectivity index is 1.70. The van der Waals surface area contributed by atoms with Gasteiger partial charge in [0.2, 0.25) is 0 Å². The minimum Gasteiger partial charge on any atom is -0.423 e. The molecular weight excluding hydrogens is 298 g/mol. The largest absolute Gasteiger partial charge is 0.423 e. The van der Waals surface area contributed by atoms with Crippen LogP contribution in [-0.4, -0.2) is 31.1 Å². The number of aromatic nitrogens is 5. The minimum atomic E-state index is -0.489. The van der Waals surface area contributed by atoms with Crippen molar-refractivity contribution in [1.82, 2.24) is 25.1 Å². The van der Waals surface area contributed by atoms with Gasteiger partial charge in [0.1, 0.15) is 23.4 Å². The summed E-state index contributed by atoms with van der Waals surface area (Å²) in [6.45, 7) is 1.95. The summed E-state index contributed by atoms with van der Waals surface area (Å²) in [5, 5.41) is 9.46. The van der Waals surface area contributed by atoms with Crippen molar-refractivity contribution in [3.63, 3.8) is 0 Å². The molecule has 0 aliphatic heterocycles. The topological polar surface area (TPSA) is 136 Å². The van der Waals surface area contributed by atoms with E-state index in [0.717, 1.165) is 5.56 Å². The van der Waals surface area contributed by atoms with E-state index in [-0.39, 0.29) is 17.5 Å². The van der Waals surface area contributed by atoms with E-state index in [2.05, 4.69) is 30.5 Å². The Bertz CT molecular complexity index is 1050. The molecule has 3 heterocycles. The molecule has 0 saturated heterocycles. The Labute approximate surface area is 128 Å². The van der Waals surface area contributed by atoms with E-state index in [1.165, 1.54) is 6.33 Å². The third-order valence-corrected chi connectivity index (χ3v) is 3.37. The summed E-state index contributed by atoms with van der Waals surface area (Å²) in [5.41, 5.74) is 8.55. The molecule has 0 fully saturated rings. The number of H-pyrrole nitrogens is 1. The monoisotopic (exact) mass is 309 g/mol. The molecular formula is C14H11N7O2. The fourth-order valence-corrected chi connectivity index (χ4v) is 2.29. The first-order chi connectivity index (χ1) is 11.1. The number of nitrogens with two attached hydrogens (primary N) is 1. The number of hydrogen-bond acceptors (Lipinski definition) is 7. The highest BCUT2D eigenvalue weighted by Gasteiger charge is 2.19. The maximum Gasteiger partial charge on any atom is 0.302 e. The molecule has 4 N–H and O–H groups in total. The smallest absolute Gasteiger partial charge is 0.302 e. The molecule has 4 rings (SSSR count). The molecule has 9 nitrogen and oxygen atoms in total. The number of nitrogens with zero attached hydrogens (tertiary/aromatic N) is 4. The molecule has 3 aromatic heterocycles. The van der Waals surface area contributed by atoms with Crippen LogP contribution in [0.2, 0.25) is 0 Å². The van der Waals surface area contributed by atoms with Crippen molar-refractivity contribution < 1.29 is 9.21 Å². The summed E-state index contributed by atoms with van der Waals surface area (Å²) in [6.07, 6.45) is 1.28. The van der Waals surface area contributed by atoms with Gasteiger partial charge in [0.25, 0.3) is 5.91 Å². The van der Waals surface area contributed by atoms with E-state index in [9.17, 15) is 4.79 Å². The predicted molar refractivity (Wildman–Crippen MR) is 82.8 cm³/mol. The van der Waals surface area contributed by atoms with Crippen LogP contribution < -0.4 is 11.1 Å². The van der Waals surface area contributed by atoms with Crippen molar-refractivity contribution in [3.05, 3.63) is 35.8 Å². The van der Waals surface area contributed by atoms with E-state index in [1.807, 2.05) is 19.1 Å². The van der Waals surface area contributed by atoms with E-state index in [1.54, 1.807) is 6.07 Å². The van der Waals surface area contributed by atoms with Gasteiger partial charge in [0, 0.05) is 0 Å². The SMILES string of the molecule is Cc1ccc2oc(NC(=O)c3[nH]nc4ncnc(N)c34)nc2c1. The zero-order chi connectivity index (χ0) is 16.0. The quantitative estimate of drug-likeness (QED) is 0.512. The first-order valence-electron chi connectivity index (χ1n) is 6.75. The van der Waals surface area contributed by atoms with Gasteiger partial charge in [-0.2, -0.15) is 10.1 Å². The lowest BCUT2D eigenvalue weighted by atomic mass is 10.2. The molecule has 9 heteroatoms. The van der Waals surface area contributed by atoms with Gasteiger partial charge < -0.3 is 10.2 Å². The second-order valence-corrected chi connectivity index (χ2v) is 5.00. The Hall–Kier alpha value is -3.49. The zero-order valence-corrected chi connectivity index (χ0v) is 12.0. The van der Waals surface area contributed by atoms with Crippen LogP contribution in [0, 0.1) is 6.92 Å². The summed E-state index contributed by atoms with van der Waals surface area (Å²) in [5.74, 6) is -0.320. The van der Waals surface area contributed by atoms with Gasteiger partial charge in [-0.25, -0.2) is 9.97 Å². The number of fused-ring (bicyclic) bond motifs is 2. The molecule has 0 radical (unpaired) electrons. The number of carbonyl (C=O) groups is 1. The number of nitrogen functional groups attached to an aromatic ring is 1. The van der Waals surface area contributed by atoms with E-state index < -0.39 is 5.91 Å². The summed E-state index contributed by atoms with van der Waals surface area (Å²) < 4.78 is 5.49. The molecule has 0 aliphatic carbocycles. The van der Waals surface area contributed by atoms with Crippen molar-refractivity contribution in [1.29, 1.82) is 0 Å². The lowest BCUT2D eigenvalue weighted by Gasteiger charge is -1.99. The minimum absolute atomic E-state index is 0.0915. The van der Waals surface area contributed by atoms with Gasteiger partial charge in [-0.1, -0.05) is 6.07 Å². The van der Waals surface area contributed by atoms with Gasteiger partial charge in [-0.05, 0) is 24.6 Å². The van der Waals surface area contributed by atoms with E-state index in [0.29, 0.717) is 22.1 Å². The molecule has 0 atom stereocenters. The molecule has 0 saturated carbocycles. The molecule has 0 unspecified atom stereocenters. The Morgan fingerprint density at radius 2 is 2.22 bits per heavy atom. The van der Waals surface area contributed by atoms with Crippen molar-refractivity contribution >= 4 is 39.9 Å². The molecule has 1 amide bonds. The third kappa shape index (κ3) is 2.14. The summed E-state index contributed by atoms with van der Waals surface area (Å²) in [4.78, 5) is 24.4. The summed E-state index contributed by atoms with van der Waals surface area (Å²) >= 11 is 0. The van der Waals surface area contributed by atoms with Crippen molar-refractivity contribution in [2.75, 3.05) is 11.1 Å². The first-order valence-corrected chi connectivity index (χ1v) is 6.75. The van der Waals surface area contributed by atoms with E-state index in [4.69, 9.17) is 10.2 Å². The van der Waals surface area contributed by atoms with Crippen molar-refractivity contribution in [2.45, 2.75) is 6.92 Å². The Morgan fingerprint density at radius 3 is 3.09 bits per heavy atom. The van der Waals surface area contributed by atoms with Crippen molar-refractivity contribution in [2.24, 2.45) is 0 Å². The van der Waals surface area contributed by atoms with Crippen LogP contribution in [0.25, 0.3) is 22.1 Å². The average Bonchev–Trinajstić information content (AvgIpc) is 3.11. The number of benzene rings is 1. The number of hydrogen-bond donors (Lipinski definition) is 3. The maximum absolute atomic E-state index is 12.4.